The summed E-state index contributed by atoms with van der Waals surface area (Å²) in [6.45, 7) is 2.12. The summed E-state index contributed by atoms with van der Waals surface area (Å²) in [7, 11) is 0. The molecule has 0 aliphatic carbocycles. The van der Waals surface area contributed by atoms with Gasteiger partial charge in [-0.25, -0.2) is 0 Å². The van der Waals surface area contributed by atoms with Crippen LogP contribution in [0.25, 0.3) is 0 Å². The number of alkyl halides is 1. The van der Waals surface area contributed by atoms with Crippen molar-refractivity contribution in [1.82, 2.24) is 0 Å². The first-order valence-corrected chi connectivity index (χ1v) is 9.26. The predicted octanol–water partition coefficient (Wildman–Crippen LogP) is 6.89. The standard InChI is InChI=1S/C10H6Br4S2/c1-4-2-5(11)9(15-4)8(13)7-3-6(12)10(14)16-7/h2-3,8H,1H3. The lowest BCUT2D eigenvalue weighted by Gasteiger charge is -2.05. The van der Waals surface area contributed by atoms with Crippen LogP contribution in [0.3, 0.4) is 0 Å². The fourth-order valence-corrected chi connectivity index (χ4v) is 6.57. The molecular weight excluding hydrogens is 504 g/mol. The van der Waals surface area contributed by atoms with Crippen molar-refractivity contribution in [3.8, 4) is 0 Å². The summed E-state index contributed by atoms with van der Waals surface area (Å²) >= 11 is 18.0. The van der Waals surface area contributed by atoms with Gasteiger partial charge in [-0.1, -0.05) is 15.9 Å². The van der Waals surface area contributed by atoms with E-state index in [1.807, 2.05) is 11.3 Å². The van der Waals surface area contributed by atoms with Crippen molar-refractivity contribution in [3.63, 3.8) is 0 Å². The van der Waals surface area contributed by atoms with Crippen LogP contribution in [0, 0.1) is 6.92 Å². The molecule has 2 aromatic rings. The SMILES string of the molecule is Cc1cc(Br)c(C(Br)c2cc(Br)c(Br)s2)s1. The lowest BCUT2D eigenvalue weighted by Crippen LogP contribution is -1.85. The van der Waals surface area contributed by atoms with Gasteiger partial charge in [0.2, 0.25) is 0 Å². The van der Waals surface area contributed by atoms with E-state index < -0.39 is 0 Å². The minimum atomic E-state index is 0.258. The van der Waals surface area contributed by atoms with Crippen LogP contribution < -0.4 is 0 Å². The maximum atomic E-state index is 3.75. The maximum Gasteiger partial charge on any atom is 0.0843 e. The number of thiophene rings is 2. The molecule has 0 amide bonds. The molecule has 86 valence electrons. The molecule has 1 unspecified atom stereocenters. The Morgan fingerprint density at radius 2 is 1.75 bits per heavy atom. The zero-order valence-corrected chi connectivity index (χ0v) is 16.0. The van der Waals surface area contributed by atoms with E-state index in [-0.39, 0.29) is 4.83 Å². The van der Waals surface area contributed by atoms with E-state index >= 15 is 0 Å². The summed E-state index contributed by atoms with van der Waals surface area (Å²) in [6.07, 6.45) is 0. The second-order valence-electron chi connectivity index (χ2n) is 3.20. The van der Waals surface area contributed by atoms with Crippen LogP contribution in [0.4, 0.5) is 0 Å². The van der Waals surface area contributed by atoms with E-state index in [2.05, 4.69) is 82.8 Å². The van der Waals surface area contributed by atoms with Crippen molar-refractivity contribution in [3.05, 3.63) is 39.5 Å². The summed E-state index contributed by atoms with van der Waals surface area (Å²) in [4.78, 5) is 4.19. The first-order chi connectivity index (χ1) is 7.49. The molecule has 0 nitrogen and oxygen atoms in total. The van der Waals surface area contributed by atoms with Crippen molar-refractivity contribution in [2.45, 2.75) is 11.8 Å². The van der Waals surface area contributed by atoms with Gasteiger partial charge < -0.3 is 0 Å². The zero-order valence-electron chi connectivity index (χ0n) is 8.06. The van der Waals surface area contributed by atoms with Crippen LogP contribution in [-0.2, 0) is 0 Å². The number of hydrogen-bond donors (Lipinski definition) is 0. The van der Waals surface area contributed by atoms with Crippen molar-refractivity contribution >= 4 is 86.4 Å². The smallest absolute Gasteiger partial charge is 0.0843 e. The summed E-state index contributed by atoms with van der Waals surface area (Å²) < 4.78 is 3.43. The van der Waals surface area contributed by atoms with E-state index in [0.29, 0.717) is 0 Å². The van der Waals surface area contributed by atoms with Crippen LogP contribution in [0.5, 0.6) is 0 Å². The van der Waals surface area contributed by atoms with Gasteiger partial charge in [0.05, 0.1) is 8.61 Å². The molecule has 0 fully saturated rings. The van der Waals surface area contributed by atoms with Crippen LogP contribution >= 0.6 is 86.4 Å². The van der Waals surface area contributed by atoms with E-state index in [0.717, 1.165) is 8.26 Å². The molecule has 1 atom stereocenters. The first kappa shape index (κ1) is 13.7. The average Bonchev–Trinajstić information content (AvgIpc) is 2.70. The van der Waals surface area contributed by atoms with Gasteiger partial charge in [-0.3, -0.25) is 0 Å². The number of aryl methyl sites for hydroxylation is 1. The highest BCUT2D eigenvalue weighted by atomic mass is 79.9. The third-order valence-corrected chi connectivity index (χ3v) is 8.89. The van der Waals surface area contributed by atoms with Crippen molar-refractivity contribution in [1.29, 1.82) is 0 Å². The van der Waals surface area contributed by atoms with Crippen LogP contribution in [0.15, 0.2) is 24.9 Å². The molecule has 6 heteroatoms. The Morgan fingerprint density at radius 3 is 2.19 bits per heavy atom. The summed E-state index contributed by atoms with van der Waals surface area (Å²) in [6, 6.07) is 4.31. The lowest BCUT2D eigenvalue weighted by molar-refractivity contribution is 1.27. The zero-order chi connectivity index (χ0) is 11.9. The summed E-state index contributed by atoms with van der Waals surface area (Å²) in [5.41, 5.74) is 0. The second-order valence-corrected chi connectivity index (χ2v) is 9.52. The van der Waals surface area contributed by atoms with Gasteiger partial charge in [0, 0.05) is 23.6 Å². The normalized spacial score (nSPS) is 13.1. The Balaban J connectivity index is 2.38. The van der Waals surface area contributed by atoms with Gasteiger partial charge in [-0.05, 0) is 66.8 Å². The highest BCUT2D eigenvalue weighted by molar-refractivity contribution is 9.13. The largest absolute Gasteiger partial charge is 0.143 e. The van der Waals surface area contributed by atoms with Crippen molar-refractivity contribution in [2.24, 2.45) is 0 Å². The maximum absolute atomic E-state index is 3.75. The Morgan fingerprint density at radius 1 is 1.06 bits per heavy atom. The number of hydrogen-bond acceptors (Lipinski definition) is 2. The van der Waals surface area contributed by atoms with Gasteiger partial charge >= 0.3 is 0 Å². The molecule has 0 aromatic carbocycles. The van der Waals surface area contributed by atoms with Gasteiger partial charge in [0.25, 0.3) is 0 Å². The molecule has 0 aliphatic rings. The molecular formula is C10H6Br4S2. The predicted molar refractivity (Wildman–Crippen MR) is 87.2 cm³/mol. The highest BCUT2D eigenvalue weighted by Crippen LogP contribution is 2.45. The molecule has 0 saturated heterocycles. The number of halogens is 4. The lowest BCUT2D eigenvalue weighted by atomic mass is 10.3. The fraction of sp³-hybridized carbons (Fsp3) is 0.200. The van der Waals surface area contributed by atoms with Crippen molar-refractivity contribution < 1.29 is 0 Å². The van der Waals surface area contributed by atoms with Gasteiger partial charge in [0.15, 0.2) is 0 Å². The van der Waals surface area contributed by atoms with Gasteiger partial charge in [-0.2, -0.15) is 0 Å². The molecule has 2 rings (SSSR count). The molecule has 0 aliphatic heterocycles. The molecule has 0 spiro atoms. The molecule has 2 aromatic heterocycles. The molecule has 16 heavy (non-hydrogen) atoms. The van der Waals surface area contributed by atoms with Gasteiger partial charge in [0.1, 0.15) is 0 Å². The second kappa shape index (κ2) is 5.53. The number of rotatable bonds is 2. The highest BCUT2D eigenvalue weighted by Gasteiger charge is 2.19. The molecule has 0 radical (unpaired) electrons. The first-order valence-electron chi connectivity index (χ1n) is 4.33. The molecule has 0 N–H and O–H groups in total. The van der Waals surface area contributed by atoms with Crippen LogP contribution in [0.1, 0.15) is 19.5 Å². The van der Waals surface area contributed by atoms with E-state index in [9.17, 15) is 0 Å². The summed E-state index contributed by atoms with van der Waals surface area (Å²) in [5.74, 6) is 0. The Hall–Kier alpha value is 1.32. The van der Waals surface area contributed by atoms with E-state index in [4.69, 9.17) is 0 Å². The topological polar surface area (TPSA) is 0 Å². The van der Waals surface area contributed by atoms with Crippen LogP contribution in [0.2, 0.25) is 0 Å². The Kier molecular flexibility index (Phi) is 4.75. The minimum absolute atomic E-state index is 0.258. The molecule has 0 bridgehead atoms. The van der Waals surface area contributed by atoms with Crippen molar-refractivity contribution in [2.75, 3.05) is 0 Å². The summed E-state index contributed by atoms with van der Waals surface area (Å²) in [5, 5.41) is 0. The van der Waals surface area contributed by atoms with Gasteiger partial charge in [-0.15, -0.1) is 22.7 Å². The van der Waals surface area contributed by atoms with E-state index in [1.165, 1.54) is 19.1 Å². The Labute approximate surface area is 136 Å². The van der Waals surface area contributed by atoms with Crippen LogP contribution in [-0.4, -0.2) is 0 Å². The monoisotopic (exact) mass is 506 g/mol. The third kappa shape index (κ3) is 2.83. The minimum Gasteiger partial charge on any atom is -0.143 e. The molecule has 2 heterocycles. The average molecular weight is 510 g/mol. The third-order valence-electron chi connectivity index (χ3n) is 1.98. The Bertz CT molecular complexity index is 495. The fourth-order valence-electron chi connectivity index (χ4n) is 1.29. The van der Waals surface area contributed by atoms with E-state index in [1.54, 1.807) is 11.3 Å². The quantitative estimate of drug-likeness (QED) is 0.387. The molecule has 0 saturated carbocycles.